The van der Waals surface area contributed by atoms with E-state index in [0.717, 1.165) is 30.4 Å². The van der Waals surface area contributed by atoms with Gasteiger partial charge in [0.15, 0.2) is 0 Å². The van der Waals surface area contributed by atoms with Gasteiger partial charge in [0.1, 0.15) is 12.1 Å². The Labute approximate surface area is 165 Å². The molecule has 0 aliphatic rings. The quantitative estimate of drug-likeness (QED) is 0.412. The summed E-state index contributed by atoms with van der Waals surface area (Å²) in [6, 6.07) is 12.2. The summed E-state index contributed by atoms with van der Waals surface area (Å²) in [5.74, 6) is -1.33. The number of rotatable bonds is 7. The molecule has 3 N–H and O–H groups in total. The zero-order valence-corrected chi connectivity index (χ0v) is 15.3. The lowest BCUT2D eigenvalue weighted by atomic mass is 10.1. The number of aryl methyl sites for hydroxylation is 1. The molecule has 29 heavy (non-hydrogen) atoms. The summed E-state index contributed by atoms with van der Waals surface area (Å²) in [4.78, 5) is 30.8. The van der Waals surface area contributed by atoms with Gasteiger partial charge in [-0.15, -0.1) is 0 Å². The minimum atomic E-state index is -0.658. The summed E-state index contributed by atoms with van der Waals surface area (Å²) >= 11 is 0. The molecule has 10 heteroatoms. The van der Waals surface area contributed by atoms with E-state index >= 15 is 0 Å². The Balaban J connectivity index is 1.79. The van der Waals surface area contributed by atoms with E-state index in [4.69, 9.17) is 0 Å². The van der Waals surface area contributed by atoms with Crippen LogP contribution in [-0.4, -0.2) is 20.8 Å². The Bertz CT molecular complexity index is 1030. The van der Waals surface area contributed by atoms with Crippen LogP contribution < -0.4 is 16.2 Å². The highest BCUT2D eigenvalue weighted by Gasteiger charge is 2.23. The van der Waals surface area contributed by atoms with Gasteiger partial charge in [0.2, 0.25) is 11.6 Å². The molecule has 0 atom stereocenters. The standard InChI is InChI=1S/C19H17FN6O3/c1-2-12-3-9-15(10-4-12)23-17-16(26(28)29)18(22-11-21-17)24-25-19(27)13-5-7-14(20)8-6-13/h3-11H,2H2,1H3,(H,25,27)(H2,21,22,23,24). The summed E-state index contributed by atoms with van der Waals surface area (Å²) < 4.78 is 13.0. The molecule has 0 saturated carbocycles. The van der Waals surface area contributed by atoms with Crippen molar-refractivity contribution in [2.24, 2.45) is 0 Å². The molecule has 0 spiro atoms. The lowest BCUT2D eigenvalue weighted by Gasteiger charge is -2.11. The van der Waals surface area contributed by atoms with Gasteiger partial charge in [-0.3, -0.25) is 25.8 Å². The fraction of sp³-hybridized carbons (Fsp3) is 0.105. The van der Waals surface area contributed by atoms with Crippen molar-refractivity contribution in [2.75, 3.05) is 10.7 Å². The number of aromatic nitrogens is 2. The number of nitro groups is 1. The monoisotopic (exact) mass is 396 g/mol. The number of halogens is 1. The van der Waals surface area contributed by atoms with Crippen molar-refractivity contribution in [1.82, 2.24) is 15.4 Å². The zero-order valence-electron chi connectivity index (χ0n) is 15.3. The third-order valence-corrected chi connectivity index (χ3v) is 4.03. The van der Waals surface area contributed by atoms with Gasteiger partial charge < -0.3 is 5.32 Å². The van der Waals surface area contributed by atoms with E-state index < -0.39 is 22.3 Å². The molecule has 0 radical (unpaired) electrons. The van der Waals surface area contributed by atoms with Crippen LogP contribution in [0.2, 0.25) is 0 Å². The Morgan fingerprint density at radius 2 is 1.72 bits per heavy atom. The molecule has 1 amide bonds. The number of amides is 1. The fourth-order valence-electron chi connectivity index (χ4n) is 2.48. The van der Waals surface area contributed by atoms with Crippen LogP contribution in [0.15, 0.2) is 54.9 Å². The van der Waals surface area contributed by atoms with E-state index in [-0.39, 0.29) is 17.2 Å². The van der Waals surface area contributed by atoms with Crippen molar-refractivity contribution >= 4 is 28.9 Å². The third-order valence-electron chi connectivity index (χ3n) is 4.03. The van der Waals surface area contributed by atoms with Gasteiger partial charge in [0.05, 0.1) is 4.92 Å². The van der Waals surface area contributed by atoms with Crippen molar-refractivity contribution in [3.8, 4) is 0 Å². The van der Waals surface area contributed by atoms with Crippen LogP contribution in [0.3, 0.4) is 0 Å². The molecular formula is C19H17FN6O3. The molecule has 9 nitrogen and oxygen atoms in total. The SMILES string of the molecule is CCc1ccc(Nc2ncnc(NNC(=O)c3ccc(F)cc3)c2[N+](=O)[O-])cc1. The number of hydrogen-bond donors (Lipinski definition) is 3. The number of carbonyl (C=O) groups excluding carboxylic acids is 1. The maximum absolute atomic E-state index is 13.0. The number of carbonyl (C=O) groups is 1. The number of nitrogens with zero attached hydrogens (tertiary/aromatic N) is 3. The Kier molecular flexibility index (Phi) is 5.93. The molecule has 148 valence electrons. The molecule has 2 aromatic carbocycles. The molecule has 0 bridgehead atoms. The van der Waals surface area contributed by atoms with Crippen molar-refractivity contribution in [3.05, 3.63) is 81.9 Å². The summed E-state index contributed by atoms with van der Waals surface area (Å²) in [5, 5.41) is 14.5. The lowest BCUT2D eigenvalue weighted by Crippen LogP contribution is -2.30. The molecular weight excluding hydrogens is 379 g/mol. The molecule has 3 aromatic rings. The maximum Gasteiger partial charge on any atom is 0.355 e. The van der Waals surface area contributed by atoms with Gasteiger partial charge in [-0.2, -0.15) is 0 Å². The Morgan fingerprint density at radius 3 is 2.34 bits per heavy atom. The summed E-state index contributed by atoms with van der Waals surface area (Å²) in [7, 11) is 0. The average molecular weight is 396 g/mol. The molecule has 0 aliphatic carbocycles. The van der Waals surface area contributed by atoms with E-state index in [1.165, 1.54) is 12.1 Å². The van der Waals surface area contributed by atoms with Gasteiger partial charge in [0.25, 0.3) is 5.91 Å². The molecule has 0 unspecified atom stereocenters. The second-order valence-corrected chi connectivity index (χ2v) is 5.94. The Morgan fingerprint density at radius 1 is 1.07 bits per heavy atom. The van der Waals surface area contributed by atoms with E-state index in [2.05, 4.69) is 26.1 Å². The second kappa shape index (κ2) is 8.74. The maximum atomic E-state index is 13.0. The predicted octanol–water partition coefficient (Wildman–Crippen LogP) is 3.59. The van der Waals surface area contributed by atoms with Gasteiger partial charge in [-0.25, -0.2) is 14.4 Å². The highest BCUT2D eigenvalue weighted by molar-refractivity contribution is 5.95. The second-order valence-electron chi connectivity index (χ2n) is 5.94. The fourth-order valence-corrected chi connectivity index (χ4v) is 2.48. The number of hydrogen-bond acceptors (Lipinski definition) is 7. The normalized spacial score (nSPS) is 10.3. The van der Waals surface area contributed by atoms with Crippen molar-refractivity contribution in [3.63, 3.8) is 0 Å². The van der Waals surface area contributed by atoms with Gasteiger partial charge in [0, 0.05) is 11.3 Å². The lowest BCUT2D eigenvalue weighted by molar-refractivity contribution is -0.383. The minimum absolute atomic E-state index is 0.0345. The highest BCUT2D eigenvalue weighted by Crippen LogP contribution is 2.30. The number of anilines is 3. The van der Waals surface area contributed by atoms with Gasteiger partial charge >= 0.3 is 5.69 Å². The molecule has 0 saturated heterocycles. The molecule has 1 aromatic heterocycles. The largest absolute Gasteiger partial charge is 0.355 e. The van der Waals surface area contributed by atoms with E-state index in [9.17, 15) is 19.3 Å². The molecule has 3 rings (SSSR count). The van der Waals surface area contributed by atoms with E-state index in [1.54, 1.807) is 12.1 Å². The van der Waals surface area contributed by atoms with Crippen LogP contribution in [0, 0.1) is 15.9 Å². The van der Waals surface area contributed by atoms with Crippen LogP contribution in [-0.2, 0) is 6.42 Å². The van der Waals surface area contributed by atoms with Gasteiger partial charge in [-0.05, 0) is 48.4 Å². The highest BCUT2D eigenvalue weighted by atomic mass is 19.1. The van der Waals surface area contributed by atoms with Crippen LogP contribution in [0.25, 0.3) is 0 Å². The first-order chi connectivity index (χ1) is 14.0. The van der Waals surface area contributed by atoms with E-state index in [1.807, 2.05) is 19.1 Å². The number of nitrogens with one attached hydrogen (secondary N) is 3. The van der Waals surface area contributed by atoms with Crippen molar-refractivity contribution in [2.45, 2.75) is 13.3 Å². The first-order valence-electron chi connectivity index (χ1n) is 8.65. The van der Waals surface area contributed by atoms with Gasteiger partial charge in [-0.1, -0.05) is 19.1 Å². The summed E-state index contributed by atoms with van der Waals surface area (Å²) in [6.07, 6.45) is 2.00. The topological polar surface area (TPSA) is 122 Å². The van der Waals surface area contributed by atoms with Crippen molar-refractivity contribution < 1.29 is 14.1 Å². The summed E-state index contributed by atoms with van der Waals surface area (Å²) in [5.41, 5.74) is 6.20. The predicted molar refractivity (Wildman–Crippen MR) is 105 cm³/mol. The Hall–Kier alpha value is -4.08. The van der Waals surface area contributed by atoms with E-state index in [0.29, 0.717) is 5.69 Å². The van der Waals surface area contributed by atoms with Crippen LogP contribution in [0.1, 0.15) is 22.8 Å². The number of hydrazine groups is 1. The minimum Gasteiger partial charge on any atom is -0.334 e. The molecule has 0 fully saturated rings. The van der Waals surface area contributed by atoms with Crippen LogP contribution >= 0.6 is 0 Å². The first kappa shape index (κ1) is 19.7. The van der Waals surface area contributed by atoms with Crippen molar-refractivity contribution in [1.29, 1.82) is 0 Å². The third kappa shape index (κ3) is 4.80. The first-order valence-corrected chi connectivity index (χ1v) is 8.65. The summed E-state index contributed by atoms with van der Waals surface area (Å²) in [6.45, 7) is 2.02. The van der Waals surface area contributed by atoms with Crippen LogP contribution in [0.4, 0.5) is 27.4 Å². The number of benzene rings is 2. The zero-order chi connectivity index (χ0) is 20.8. The van der Waals surface area contributed by atoms with Crippen LogP contribution in [0.5, 0.6) is 0 Å². The smallest absolute Gasteiger partial charge is 0.334 e. The molecule has 1 heterocycles. The average Bonchev–Trinajstić information content (AvgIpc) is 2.73. The molecule has 0 aliphatic heterocycles.